The van der Waals surface area contributed by atoms with E-state index in [4.69, 9.17) is 5.10 Å². The number of hydrogen-bond acceptors (Lipinski definition) is 6. The minimum Gasteiger partial charge on any atom is -0.356 e. The summed E-state index contributed by atoms with van der Waals surface area (Å²) in [5.41, 5.74) is 5.10. The molecule has 1 aliphatic heterocycles. The lowest BCUT2D eigenvalue weighted by molar-refractivity contribution is 0.0950. The van der Waals surface area contributed by atoms with E-state index in [1.54, 1.807) is 30.5 Å². The summed E-state index contributed by atoms with van der Waals surface area (Å²) in [6, 6.07) is 16.9. The highest BCUT2D eigenvalue weighted by Gasteiger charge is 2.23. The van der Waals surface area contributed by atoms with Gasteiger partial charge in [0, 0.05) is 25.5 Å². The van der Waals surface area contributed by atoms with E-state index in [1.807, 2.05) is 41.9 Å². The Kier molecular flexibility index (Phi) is 5.67. The summed E-state index contributed by atoms with van der Waals surface area (Å²) in [5.74, 6) is 0.476. The Hall–Kier alpha value is -4.27. The Morgan fingerprint density at radius 1 is 1.00 bits per heavy atom. The van der Waals surface area contributed by atoms with Crippen LogP contribution in [0.25, 0.3) is 16.5 Å². The minimum atomic E-state index is -0.487. The number of amides is 1. The summed E-state index contributed by atoms with van der Waals surface area (Å²) in [6.07, 6.45) is 3.88. The third kappa shape index (κ3) is 3.85. The van der Waals surface area contributed by atoms with E-state index < -0.39 is 5.91 Å². The maximum absolute atomic E-state index is 12.9. The molecule has 1 fully saturated rings. The second-order valence-electron chi connectivity index (χ2n) is 8.29. The number of para-hydroxylation sites is 1. The van der Waals surface area contributed by atoms with E-state index in [0.29, 0.717) is 10.8 Å². The van der Waals surface area contributed by atoms with Crippen LogP contribution in [-0.4, -0.2) is 44.8 Å². The third-order valence-corrected chi connectivity index (χ3v) is 6.02. The van der Waals surface area contributed by atoms with Crippen molar-refractivity contribution in [3.63, 3.8) is 0 Å². The molecule has 1 N–H and O–H groups in total. The molecular formula is C25H25N7O2. The van der Waals surface area contributed by atoms with Crippen LogP contribution in [0.3, 0.4) is 0 Å². The molecule has 0 unspecified atom stereocenters. The van der Waals surface area contributed by atoms with Gasteiger partial charge in [0.2, 0.25) is 0 Å². The Morgan fingerprint density at radius 3 is 2.41 bits per heavy atom. The number of aromatic nitrogens is 4. The van der Waals surface area contributed by atoms with Crippen molar-refractivity contribution in [3.8, 4) is 5.69 Å². The van der Waals surface area contributed by atoms with Gasteiger partial charge in [0.25, 0.3) is 11.5 Å². The second kappa shape index (κ2) is 8.93. The molecule has 1 amide bonds. The first-order valence-electron chi connectivity index (χ1n) is 11.2. The highest BCUT2D eigenvalue weighted by molar-refractivity contribution is 6.05. The van der Waals surface area contributed by atoms with E-state index in [9.17, 15) is 9.59 Å². The average Bonchev–Trinajstić information content (AvgIpc) is 3.50. The van der Waals surface area contributed by atoms with Crippen LogP contribution in [0.2, 0.25) is 0 Å². The Morgan fingerprint density at radius 2 is 1.68 bits per heavy atom. The van der Waals surface area contributed by atoms with Crippen LogP contribution in [0.4, 0.5) is 5.82 Å². The van der Waals surface area contributed by atoms with Gasteiger partial charge in [-0.25, -0.2) is 14.8 Å². The fourth-order valence-electron chi connectivity index (χ4n) is 4.34. The second-order valence-corrected chi connectivity index (χ2v) is 8.29. The number of aryl methyl sites for hydroxylation is 2. The number of carbonyl (C=O) groups excluding carboxylic acids is 1. The molecule has 0 spiro atoms. The molecule has 4 aromatic rings. The van der Waals surface area contributed by atoms with Gasteiger partial charge >= 0.3 is 0 Å². The Bertz CT molecular complexity index is 1450. The van der Waals surface area contributed by atoms with Gasteiger partial charge in [-0.3, -0.25) is 9.59 Å². The van der Waals surface area contributed by atoms with Gasteiger partial charge in [0.15, 0.2) is 5.69 Å². The lowest BCUT2D eigenvalue weighted by Crippen LogP contribution is -2.27. The molecule has 34 heavy (non-hydrogen) atoms. The zero-order chi connectivity index (χ0) is 23.7. The average molecular weight is 456 g/mol. The van der Waals surface area contributed by atoms with Crippen molar-refractivity contribution in [2.45, 2.75) is 19.8 Å². The molecule has 9 heteroatoms. The summed E-state index contributed by atoms with van der Waals surface area (Å²) in [7, 11) is 1.53. The zero-order valence-electron chi connectivity index (χ0n) is 19.1. The number of benzene rings is 2. The van der Waals surface area contributed by atoms with E-state index in [2.05, 4.69) is 20.5 Å². The monoisotopic (exact) mass is 455 g/mol. The smallest absolute Gasteiger partial charge is 0.292 e. The third-order valence-electron chi connectivity index (χ3n) is 6.02. The molecule has 1 aliphatic rings. The highest BCUT2D eigenvalue weighted by Crippen LogP contribution is 2.29. The maximum atomic E-state index is 12.9. The van der Waals surface area contributed by atoms with Crippen LogP contribution >= 0.6 is 0 Å². The largest absolute Gasteiger partial charge is 0.356 e. The predicted octanol–water partition coefficient (Wildman–Crippen LogP) is 2.79. The van der Waals surface area contributed by atoms with Crippen molar-refractivity contribution >= 4 is 28.7 Å². The molecule has 9 nitrogen and oxygen atoms in total. The maximum Gasteiger partial charge on any atom is 0.292 e. The highest BCUT2D eigenvalue weighted by atomic mass is 16.2. The van der Waals surface area contributed by atoms with Crippen molar-refractivity contribution in [1.29, 1.82) is 0 Å². The number of nitrogens with zero attached hydrogens (tertiary/aromatic N) is 6. The number of anilines is 1. The quantitative estimate of drug-likeness (QED) is 0.369. The van der Waals surface area contributed by atoms with Gasteiger partial charge in [-0.05, 0) is 38.0 Å². The first-order chi connectivity index (χ1) is 16.5. The summed E-state index contributed by atoms with van der Waals surface area (Å²) in [6.45, 7) is 3.82. The van der Waals surface area contributed by atoms with Gasteiger partial charge in [-0.2, -0.15) is 15.3 Å². The number of hydrazone groups is 1. The molecular weight excluding hydrogens is 430 g/mol. The number of carbonyl (C=O) groups is 1. The van der Waals surface area contributed by atoms with Gasteiger partial charge in [-0.15, -0.1) is 0 Å². The SMILES string of the molecule is Cc1nn(-c2ccccc2)c(N2CCCC2)c1/C=N/NC(=O)c1nn(C)c(=O)c2ccccc12. The normalized spacial score (nSPS) is 13.8. The number of rotatable bonds is 5. The van der Waals surface area contributed by atoms with Gasteiger partial charge in [0.1, 0.15) is 5.82 Å². The molecule has 1 saturated heterocycles. The number of nitrogens with one attached hydrogen (secondary N) is 1. The molecule has 0 bridgehead atoms. The van der Waals surface area contributed by atoms with Crippen LogP contribution in [0.5, 0.6) is 0 Å². The molecule has 2 aromatic carbocycles. The molecule has 5 rings (SSSR count). The molecule has 3 heterocycles. The first-order valence-corrected chi connectivity index (χ1v) is 11.2. The first kappa shape index (κ1) is 21.6. The van der Waals surface area contributed by atoms with Gasteiger partial charge in [-0.1, -0.05) is 36.4 Å². The molecule has 172 valence electrons. The van der Waals surface area contributed by atoms with Gasteiger partial charge in [0.05, 0.1) is 28.5 Å². The minimum absolute atomic E-state index is 0.145. The van der Waals surface area contributed by atoms with Crippen molar-refractivity contribution in [2.24, 2.45) is 12.1 Å². The molecule has 0 saturated carbocycles. The Labute approximate surface area is 196 Å². The van der Waals surface area contributed by atoms with E-state index >= 15 is 0 Å². The summed E-state index contributed by atoms with van der Waals surface area (Å²) in [4.78, 5) is 27.6. The van der Waals surface area contributed by atoms with Crippen LogP contribution in [0, 0.1) is 6.92 Å². The summed E-state index contributed by atoms with van der Waals surface area (Å²) >= 11 is 0. The molecule has 0 atom stereocenters. The van der Waals surface area contributed by atoms with Crippen molar-refractivity contribution in [1.82, 2.24) is 25.0 Å². The van der Waals surface area contributed by atoms with Crippen molar-refractivity contribution in [2.75, 3.05) is 18.0 Å². The van der Waals surface area contributed by atoms with E-state index in [-0.39, 0.29) is 11.3 Å². The Balaban J connectivity index is 1.48. The fraction of sp³-hybridized carbons (Fsp3) is 0.240. The number of fused-ring (bicyclic) bond motifs is 1. The topological polar surface area (TPSA) is 97.4 Å². The fourth-order valence-corrected chi connectivity index (χ4v) is 4.34. The summed E-state index contributed by atoms with van der Waals surface area (Å²) < 4.78 is 3.10. The van der Waals surface area contributed by atoms with Crippen LogP contribution in [-0.2, 0) is 7.05 Å². The molecule has 0 radical (unpaired) electrons. The lowest BCUT2D eigenvalue weighted by atomic mass is 10.1. The van der Waals surface area contributed by atoms with Crippen LogP contribution in [0.15, 0.2) is 64.5 Å². The van der Waals surface area contributed by atoms with Gasteiger partial charge < -0.3 is 4.90 Å². The lowest BCUT2D eigenvalue weighted by Gasteiger charge is -2.20. The van der Waals surface area contributed by atoms with Crippen LogP contribution < -0.4 is 15.9 Å². The predicted molar refractivity (Wildman–Crippen MR) is 132 cm³/mol. The van der Waals surface area contributed by atoms with E-state index in [1.165, 1.54) is 11.7 Å². The van der Waals surface area contributed by atoms with Crippen LogP contribution in [0.1, 0.15) is 34.6 Å². The summed E-state index contributed by atoms with van der Waals surface area (Å²) in [5, 5.41) is 14.1. The zero-order valence-corrected chi connectivity index (χ0v) is 19.1. The standard InChI is InChI=1S/C25H25N7O2/c1-17-21(24(31-14-8-9-15-31)32(28-17)18-10-4-3-5-11-18)16-26-27-23(33)22-19-12-6-7-13-20(19)25(34)30(2)29-22/h3-7,10-13,16H,8-9,14-15H2,1-2H3,(H,27,33)/b26-16+. The molecule has 2 aromatic heterocycles. The molecule has 0 aliphatic carbocycles. The van der Waals surface area contributed by atoms with Crippen molar-refractivity contribution in [3.05, 3.63) is 81.9 Å². The van der Waals surface area contributed by atoms with E-state index in [0.717, 1.165) is 48.7 Å². The number of hydrogen-bond donors (Lipinski definition) is 1. The van der Waals surface area contributed by atoms with Crippen molar-refractivity contribution < 1.29 is 4.79 Å².